The molecule has 0 spiro atoms. The fourth-order valence-electron chi connectivity index (χ4n) is 5.88. The zero-order chi connectivity index (χ0) is 24.5. The fraction of sp³-hybridized carbons (Fsp3) is 0.444. The van der Waals surface area contributed by atoms with Gasteiger partial charge in [-0.25, -0.2) is 9.59 Å². The highest BCUT2D eigenvalue weighted by Gasteiger charge is 2.42. The van der Waals surface area contributed by atoms with Gasteiger partial charge in [-0.15, -0.1) is 0 Å². The summed E-state index contributed by atoms with van der Waals surface area (Å²) in [6, 6.07) is 15.1. The van der Waals surface area contributed by atoms with Gasteiger partial charge in [0.25, 0.3) is 0 Å². The molecule has 0 aromatic heterocycles. The molecular formula is C27H30N2O6. The molecule has 2 fully saturated rings. The number of benzene rings is 2. The number of rotatable bonds is 5. The molecular weight excluding hydrogens is 448 g/mol. The predicted octanol–water partition coefficient (Wildman–Crippen LogP) is 3.13. The number of carboxylic acids is 1. The minimum Gasteiger partial charge on any atom is -0.480 e. The highest BCUT2D eigenvalue weighted by Crippen LogP contribution is 2.44. The summed E-state index contributed by atoms with van der Waals surface area (Å²) in [6.07, 6.45) is 1.28. The summed E-state index contributed by atoms with van der Waals surface area (Å²) < 4.78 is 5.64. The fourth-order valence-corrected chi connectivity index (χ4v) is 5.88. The molecule has 1 saturated carbocycles. The van der Waals surface area contributed by atoms with E-state index in [-0.39, 0.29) is 43.4 Å². The lowest BCUT2D eigenvalue weighted by Gasteiger charge is -2.32. The Morgan fingerprint density at radius 3 is 2.29 bits per heavy atom. The first kappa shape index (κ1) is 23.4. The lowest BCUT2D eigenvalue weighted by molar-refractivity contribution is -0.150. The van der Waals surface area contributed by atoms with Crippen LogP contribution in [0.25, 0.3) is 11.1 Å². The number of hydrogen-bond donors (Lipinski definition) is 3. The van der Waals surface area contributed by atoms with E-state index in [0.29, 0.717) is 12.8 Å². The highest BCUT2D eigenvalue weighted by atomic mass is 16.5. The molecule has 4 unspecified atom stereocenters. The number of β-amino-alcohol motifs (C(OH)–C–C–N with tert-alkyl or cyclic N) is 1. The van der Waals surface area contributed by atoms with Crippen LogP contribution in [0.15, 0.2) is 48.5 Å². The Labute approximate surface area is 203 Å². The summed E-state index contributed by atoms with van der Waals surface area (Å²) in [4.78, 5) is 38.5. The Kier molecular flexibility index (Phi) is 6.47. The van der Waals surface area contributed by atoms with Gasteiger partial charge in [-0.05, 0) is 41.5 Å². The number of aliphatic hydroxyl groups excluding tert-OH is 1. The number of likely N-dealkylation sites (tertiary alicyclic amines) is 1. The third-order valence-corrected chi connectivity index (χ3v) is 7.54. The van der Waals surface area contributed by atoms with Gasteiger partial charge in [-0.3, -0.25) is 4.79 Å². The number of carbonyl (C=O) groups excluding carboxylic acids is 2. The minimum atomic E-state index is -1.10. The van der Waals surface area contributed by atoms with E-state index in [4.69, 9.17) is 4.74 Å². The first-order valence-electron chi connectivity index (χ1n) is 12.2. The van der Waals surface area contributed by atoms with E-state index in [9.17, 15) is 24.6 Å². The molecule has 5 rings (SSSR count). The zero-order valence-corrected chi connectivity index (χ0v) is 19.4. The number of alkyl carbamates (subject to hydrolysis) is 1. The maximum Gasteiger partial charge on any atom is 0.407 e. The second-order valence-corrected chi connectivity index (χ2v) is 9.76. The van der Waals surface area contributed by atoms with E-state index in [2.05, 4.69) is 29.6 Å². The molecule has 2 aromatic rings. The Bertz CT molecular complexity index is 1090. The molecule has 4 atom stereocenters. The quantitative estimate of drug-likeness (QED) is 0.608. The van der Waals surface area contributed by atoms with Gasteiger partial charge in [-0.1, -0.05) is 55.0 Å². The van der Waals surface area contributed by atoms with Gasteiger partial charge in [0.05, 0.1) is 6.10 Å². The zero-order valence-electron chi connectivity index (χ0n) is 19.4. The van der Waals surface area contributed by atoms with Crippen LogP contribution in [0.5, 0.6) is 0 Å². The second-order valence-electron chi connectivity index (χ2n) is 9.76. The topological polar surface area (TPSA) is 116 Å². The number of ether oxygens (including phenoxy) is 1. The molecule has 2 aliphatic carbocycles. The summed E-state index contributed by atoms with van der Waals surface area (Å²) >= 11 is 0. The first-order valence-corrected chi connectivity index (χ1v) is 12.2. The van der Waals surface area contributed by atoms with Gasteiger partial charge in [0, 0.05) is 30.8 Å². The number of aliphatic hydroxyl groups is 1. The smallest absolute Gasteiger partial charge is 0.407 e. The van der Waals surface area contributed by atoms with E-state index in [1.165, 1.54) is 4.90 Å². The predicted molar refractivity (Wildman–Crippen MR) is 128 cm³/mol. The van der Waals surface area contributed by atoms with Crippen molar-refractivity contribution in [2.24, 2.45) is 5.92 Å². The van der Waals surface area contributed by atoms with E-state index in [0.717, 1.165) is 35.1 Å². The van der Waals surface area contributed by atoms with Gasteiger partial charge in [-0.2, -0.15) is 0 Å². The van der Waals surface area contributed by atoms with Gasteiger partial charge in [0.15, 0.2) is 0 Å². The molecule has 0 radical (unpaired) electrons. The minimum absolute atomic E-state index is 0.0246. The van der Waals surface area contributed by atoms with Crippen molar-refractivity contribution in [1.82, 2.24) is 10.2 Å². The first-order chi connectivity index (χ1) is 16.9. The Morgan fingerprint density at radius 2 is 1.63 bits per heavy atom. The summed E-state index contributed by atoms with van der Waals surface area (Å²) in [5.74, 6) is -1.76. The molecule has 0 bridgehead atoms. The third-order valence-electron chi connectivity index (χ3n) is 7.54. The molecule has 2 aromatic carbocycles. The maximum atomic E-state index is 13.0. The molecule has 1 aliphatic heterocycles. The molecule has 3 N–H and O–H groups in total. The molecule has 35 heavy (non-hydrogen) atoms. The van der Waals surface area contributed by atoms with Crippen molar-refractivity contribution >= 4 is 18.0 Å². The van der Waals surface area contributed by atoms with Gasteiger partial charge in [0.1, 0.15) is 12.6 Å². The van der Waals surface area contributed by atoms with Crippen molar-refractivity contribution in [3.8, 4) is 11.1 Å². The number of amides is 2. The number of nitrogens with one attached hydrogen (secondary N) is 1. The largest absolute Gasteiger partial charge is 0.480 e. The standard InChI is InChI=1S/C27H30N2O6/c30-18-13-24(26(32)33)29(14-18)25(31)16-6-5-7-17(12-16)28-27(34)35-15-23-21-10-3-1-8-19(21)20-9-2-4-11-22(20)23/h1-4,8-11,16-18,23-24,30H,5-7,12-15H2,(H,28,34)(H,32,33). The molecule has 2 amide bonds. The number of nitrogens with zero attached hydrogens (tertiary/aromatic N) is 1. The third kappa shape index (κ3) is 4.62. The number of aliphatic carboxylic acids is 1. The SMILES string of the molecule is O=C(NC1CCCC(C(=O)N2CC(O)CC2C(=O)O)C1)OCC1c2ccccc2-c2ccccc21. The van der Waals surface area contributed by atoms with Crippen molar-refractivity contribution in [2.75, 3.05) is 13.2 Å². The Hall–Kier alpha value is -3.39. The normalized spacial score (nSPS) is 25.6. The molecule has 3 aliphatic rings. The lowest BCUT2D eigenvalue weighted by atomic mass is 9.84. The Balaban J connectivity index is 1.18. The number of hydrogen-bond acceptors (Lipinski definition) is 5. The van der Waals surface area contributed by atoms with Crippen LogP contribution in [0.2, 0.25) is 0 Å². The number of fused-ring (bicyclic) bond motifs is 3. The van der Waals surface area contributed by atoms with Crippen LogP contribution in [0.1, 0.15) is 49.1 Å². The monoisotopic (exact) mass is 478 g/mol. The molecule has 8 heteroatoms. The van der Waals surface area contributed by atoms with Crippen LogP contribution >= 0.6 is 0 Å². The summed E-state index contributed by atoms with van der Waals surface area (Å²) in [6.45, 7) is 0.262. The van der Waals surface area contributed by atoms with E-state index in [1.54, 1.807) is 0 Å². The molecule has 184 valence electrons. The average molecular weight is 479 g/mol. The maximum absolute atomic E-state index is 13.0. The van der Waals surface area contributed by atoms with Crippen molar-refractivity contribution in [2.45, 2.75) is 56.2 Å². The Morgan fingerprint density at radius 1 is 0.971 bits per heavy atom. The average Bonchev–Trinajstić information content (AvgIpc) is 3.41. The van der Waals surface area contributed by atoms with E-state index < -0.39 is 24.2 Å². The van der Waals surface area contributed by atoms with Crippen LogP contribution in [-0.2, 0) is 14.3 Å². The van der Waals surface area contributed by atoms with Crippen molar-refractivity contribution in [3.63, 3.8) is 0 Å². The van der Waals surface area contributed by atoms with Crippen molar-refractivity contribution < 1.29 is 29.3 Å². The summed E-state index contributed by atoms with van der Waals surface area (Å²) in [5, 5.41) is 22.2. The number of carbonyl (C=O) groups is 3. The van der Waals surface area contributed by atoms with Crippen LogP contribution in [0.4, 0.5) is 4.79 Å². The van der Waals surface area contributed by atoms with Crippen LogP contribution < -0.4 is 5.32 Å². The van der Waals surface area contributed by atoms with Crippen molar-refractivity contribution in [1.29, 1.82) is 0 Å². The van der Waals surface area contributed by atoms with Gasteiger partial charge < -0.3 is 25.2 Å². The molecule has 1 heterocycles. The van der Waals surface area contributed by atoms with E-state index >= 15 is 0 Å². The molecule has 8 nitrogen and oxygen atoms in total. The highest BCUT2D eigenvalue weighted by molar-refractivity contribution is 5.86. The van der Waals surface area contributed by atoms with Gasteiger partial charge in [0.2, 0.25) is 5.91 Å². The number of carboxylic acid groups (broad SMARTS) is 1. The summed E-state index contributed by atoms with van der Waals surface area (Å²) in [5.41, 5.74) is 4.62. The second kappa shape index (κ2) is 9.70. The lowest BCUT2D eigenvalue weighted by Crippen LogP contribution is -2.47. The van der Waals surface area contributed by atoms with Gasteiger partial charge >= 0.3 is 12.1 Å². The van der Waals surface area contributed by atoms with Crippen LogP contribution in [0.3, 0.4) is 0 Å². The van der Waals surface area contributed by atoms with Crippen molar-refractivity contribution in [3.05, 3.63) is 59.7 Å². The molecule has 1 saturated heterocycles. The van der Waals surface area contributed by atoms with E-state index in [1.807, 2.05) is 24.3 Å². The van der Waals surface area contributed by atoms with Crippen LogP contribution in [0, 0.1) is 5.92 Å². The van der Waals surface area contributed by atoms with Crippen LogP contribution in [-0.4, -0.2) is 64.4 Å². The summed E-state index contributed by atoms with van der Waals surface area (Å²) in [7, 11) is 0.